The van der Waals surface area contributed by atoms with Crippen molar-refractivity contribution in [3.05, 3.63) is 0 Å². The van der Waals surface area contributed by atoms with E-state index in [1.165, 1.54) is 6.92 Å². The summed E-state index contributed by atoms with van der Waals surface area (Å²) in [5.74, 6) is 0. The Bertz CT molecular complexity index is 379. The predicted octanol–water partition coefficient (Wildman–Crippen LogP) is -0.556. The normalized spacial score (nSPS) is 36.6. The first-order valence-corrected chi connectivity index (χ1v) is 8.54. The van der Waals surface area contributed by atoms with Crippen molar-refractivity contribution in [3.63, 3.8) is 0 Å². The summed E-state index contributed by atoms with van der Waals surface area (Å²) in [6, 6.07) is 0. The molecule has 0 radical (unpaired) electrons. The van der Waals surface area contributed by atoms with Gasteiger partial charge in [0.25, 0.3) is 0 Å². The van der Waals surface area contributed by atoms with E-state index in [-0.39, 0.29) is 0 Å². The molecule has 4 N–H and O–H groups in total. The third kappa shape index (κ3) is 4.70. The smallest absolute Gasteiger partial charge is 0.388 e. The van der Waals surface area contributed by atoms with Crippen molar-refractivity contribution >= 4 is 15.4 Å². The fourth-order valence-corrected chi connectivity index (χ4v) is 3.65. The van der Waals surface area contributed by atoms with Gasteiger partial charge in [-0.25, -0.2) is 8.88 Å². The van der Waals surface area contributed by atoms with Crippen LogP contribution in [0.1, 0.15) is 6.92 Å². The van der Waals surface area contributed by atoms with Crippen LogP contribution in [0.2, 0.25) is 0 Å². The molecule has 0 amide bonds. The third-order valence-electron chi connectivity index (χ3n) is 2.33. The van der Waals surface area contributed by atoms with Gasteiger partial charge in [0.1, 0.15) is 18.3 Å². The highest BCUT2D eigenvalue weighted by molar-refractivity contribution is 7.63. The SMILES string of the molecule is C[C@@H]1O[C@H](COP(C)(=O)OP(=O)(O)O)[C@@H](O)[C@H]1O. The Morgan fingerprint density at radius 1 is 1.22 bits per heavy atom. The molecular weight excluding hydrogens is 290 g/mol. The summed E-state index contributed by atoms with van der Waals surface area (Å²) in [5.41, 5.74) is 0. The molecule has 0 aromatic heterocycles. The lowest BCUT2D eigenvalue weighted by atomic mass is 10.1. The first kappa shape index (κ1) is 16.2. The second kappa shape index (κ2) is 5.66. The Kier molecular flexibility index (Phi) is 5.11. The predicted molar refractivity (Wildman–Crippen MR) is 59.0 cm³/mol. The van der Waals surface area contributed by atoms with Crippen LogP contribution >= 0.6 is 15.4 Å². The standard InChI is InChI=1S/C7H16O9P2/c1-4-6(8)7(9)5(15-4)3-14-17(2,10)16-18(11,12)13/h4-9H,3H2,1-2H3,(H2,11,12,13)/t4-,5+,6-,7+,17?/m0/s1. The molecule has 0 aromatic rings. The average molecular weight is 306 g/mol. The fourth-order valence-electron chi connectivity index (χ4n) is 1.50. The topological polar surface area (TPSA) is 143 Å². The van der Waals surface area contributed by atoms with Gasteiger partial charge in [0.2, 0.25) is 0 Å². The molecule has 1 aliphatic rings. The highest BCUT2D eigenvalue weighted by Crippen LogP contribution is 2.58. The highest BCUT2D eigenvalue weighted by Gasteiger charge is 2.41. The zero-order chi connectivity index (χ0) is 14.1. The summed E-state index contributed by atoms with van der Waals surface area (Å²) in [5, 5.41) is 18.9. The van der Waals surface area contributed by atoms with E-state index >= 15 is 0 Å². The van der Waals surface area contributed by atoms with E-state index < -0.39 is 46.4 Å². The van der Waals surface area contributed by atoms with E-state index in [0.29, 0.717) is 0 Å². The Labute approximate surface area is 103 Å². The molecule has 18 heavy (non-hydrogen) atoms. The van der Waals surface area contributed by atoms with Crippen molar-refractivity contribution in [2.75, 3.05) is 13.3 Å². The summed E-state index contributed by atoms with van der Waals surface area (Å²) in [6.45, 7) is 2.00. The Morgan fingerprint density at radius 3 is 2.17 bits per heavy atom. The van der Waals surface area contributed by atoms with Crippen molar-refractivity contribution in [2.45, 2.75) is 31.3 Å². The van der Waals surface area contributed by atoms with Crippen molar-refractivity contribution in [1.29, 1.82) is 0 Å². The molecule has 1 aliphatic heterocycles. The van der Waals surface area contributed by atoms with Crippen LogP contribution in [0.3, 0.4) is 0 Å². The lowest BCUT2D eigenvalue weighted by molar-refractivity contribution is -0.0127. The van der Waals surface area contributed by atoms with E-state index in [4.69, 9.17) is 19.0 Å². The van der Waals surface area contributed by atoms with Crippen LogP contribution in [0.5, 0.6) is 0 Å². The zero-order valence-corrected chi connectivity index (χ0v) is 11.5. The minimum atomic E-state index is -4.93. The van der Waals surface area contributed by atoms with Crippen LogP contribution in [0.4, 0.5) is 0 Å². The number of hydrogen-bond acceptors (Lipinski definition) is 7. The van der Waals surface area contributed by atoms with Crippen LogP contribution in [-0.4, -0.2) is 57.7 Å². The fraction of sp³-hybridized carbons (Fsp3) is 1.00. The van der Waals surface area contributed by atoms with Crippen molar-refractivity contribution in [3.8, 4) is 0 Å². The minimum absolute atomic E-state index is 0.420. The van der Waals surface area contributed by atoms with Gasteiger partial charge in [0, 0.05) is 6.66 Å². The Balaban J connectivity index is 2.51. The summed E-state index contributed by atoms with van der Waals surface area (Å²) in [4.78, 5) is 17.0. The Morgan fingerprint density at radius 2 is 1.78 bits per heavy atom. The van der Waals surface area contributed by atoms with Crippen LogP contribution in [-0.2, 0) is 22.7 Å². The van der Waals surface area contributed by atoms with E-state index in [1.807, 2.05) is 0 Å². The highest BCUT2D eigenvalue weighted by atomic mass is 31.3. The Hall–Kier alpha value is 0.180. The summed E-state index contributed by atoms with van der Waals surface area (Å²) in [6.07, 6.45) is -3.89. The van der Waals surface area contributed by atoms with E-state index in [1.54, 1.807) is 0 Å². The molecule has 0 aliphatic carbocycles. The maximum absolute atomic E-state index is 11.5. The largest absolute Gasteiger partial charge is 0.476 e. The summed E-state index contributed by atoms with van der Waals surface area (Å²) in [7, 11) is -8.90. The number of hydrogen-bond donors (Lipinski definition) is 4. The number of rotatable bonds is 5. The van der Waals surface area contributed by atoms with E-state index in [9.17, 15) is 19.3 Å². The number of aliphatic hydroxyl groups excluding tert-OH is 2. The zero-order valence-electron chi connectivity index (χ0n) is 9.74. The molecule has 0 bridgehead atoms. The minimum Gasteiger partial charge on any atom is -0.388 e. The first-order valence-electron chi connectivity index (χ1n) is 5.02. The third-order valence-corrected chi connectivity index (χ3v) is 4.98. The maximum Gasteiger partial charge on any atom is 0.476 e. The van der Waals surface area contributed by atoms with Gasteiger partial charge in [-0.15, -0.1) is 0 Å². The first-order chi connectivity index (χ1) is 8.02. The molecular formula is C7H16O9P2. The molecule has 1 fully saturated rings. The van der Waals surface area contributed by atoms with Crippen LogP contribution < -0.4 is 0 Å². The molecule has 1 heterocycles. The van der Waals surface area contributed by atoms with Gasteiger partial charge in [0.05, 0.1) is 12.7 Å². The van der Waals surface area contributed by atoms with Gasteiger partial charge in [0.15, 0.2) is 0 Å². The molecule has 0 saturated carbocycles. The lowest BCUT2D eigenvalue weighted by Crippen LogP contribution is -2.33. The molecule has 11 heteroatoms. The summed E-state index contributed by atoms with van der Waals surface area (Å²) >= 11 is 0. The van der Waals surface area contributed by atoms with Crippen molar-refractivity contribution in [1.82, 2.24) is 0 Å². The van der Waals surface area contributed by atoms with Crippen LogP contribution in [0, 0.1) is 0 Å². The van der Waals surface area contributed by atoms with Gasteiger partial charge >= 0.3 is 15.4 Å². The lowest BCUT2D eigenvalue weighted by Gasteiger charge is -2.18. The van der Waals surface area contributed by atoms with E-state index in [0.717, 1.165) is 6.66 Å². The molecule has 9 nitrogen and oxygen atoms in total. The maximum atomic E-state index is 11.5. The molecule has 5 atom stereocenters. The average Bonchev–Trinajstić information content (AvgIpc) is 2.39. The van der Waals surface area contributed by atoms with Gasteiger partial charge in [-0.1, -0.05) is 0 Å². The quantitative estimate of drug-likeness (QED) is 0.491. The van der Waals surface area contributed by atoms with Crippen molar-refractivity contribution in [2.24, 2.45) is 0 Å². The second-order valence-electron chi connectivity index (χ2n) is 4.00. The molecule has 1 unspecified atom stereocenters. The number of ether oxygens (including phenoxy) is 1. The van der Waals surface area contributed by atoms with Gasteiger partial charge in [-0.05, 0) is 6.92 Å². The second-order valence-corrected chi connectivity index (χ2v) is 7.44. The molecule has 108 valence electrons. The number of phosphoric acid groups is 1. The van der Waals surface area contributed by atoms with Gasteiger partial charge < -0.3 is 29.3 Å². The van der Waals surface area contributed by atoms with Crippen molar-refractivity contribution < 1.29 is 42.7 Å². The van der Waals surface area contributed by atoms with Gasteiger partial charge in [-0.2, -0.15) is 0 Å². The monoisotopic (exact) mass is 306 g/mol. The molecule has 1 rings (SSSR count). The van der Waals surface area contributed by atoms with Gasteiger partial charge in [-0.3, -0.25) is 4.57 Å². The molecule has 0 aromatic carbocycles. The summed E-state index contributed by atoms with van der Waals surface area (Å²) < 4.78 is 35.8. The van der Waals surface area contributed by atoms with Crippen LogP contribution in [0.15, 0.2) is 0 Å². The molecule has 0 spiro atoms. The van der Waals surface area contributed by atoms with E-state index in [2.05, 4.69) is 4.31 Å². The number of aliphatic hydroxyl groups is 2. The van der Waals surface area contributed by atoms with Crippen LogP contribution in [0.25, 0.3) is 0 Å². The molecule has 1 saturated heterocycles.